The Morgan fingerprint density at radius 2 is 1.62 bits per heavy atom. The summed E-state index contributed by atoms with van der Waals surface area (Å²) in [5.41, 5.74) is 9.79. The zero-order valence-electron chi connectivity index (χ0n) is 18.2. The van der Waals surface area contributed by atoms with Crippen molar-refractivity contribution in [1.29, 1.82) is 0 Å². The number of esters is 2. The third-order valence-electron chi connectivity index (χ3n) is 4.89. The Balaban J connectivity index is 1.90. The second-order valence-corrected chi connectivity index (χ2v) is 7.74. The monoisotopic (exact) mass is 432 g/mol. The van der Waals surface area contributed by atoms with E-state index in [0.29, 0.717) is 40.1 Å². The minimum atomic E-state index is -0.548. The molecular formula is C24H24N4O4. The van der Waals surface area contributed by atoms with Crippen molar-refractivity contribution in [3.8, 4) is 5.69 Å². The number of aromatic nitrogens is 3. The van der Waals surface area contributed by atoms with Gasteiger partial charge in [-0.3, -0.25) is 4.57 Å². The molecule has 2 heterocycles. The zero-order chi connectivity index (χ0) is 22.8. The zero-order valence-corrected chi connectivity index (χ0v) is 18.2. The van der Waals surface area contributed by atoms with Crippen molar-refractivity contribution in [2.45, 2.75) is 20.8 Å². The summed E-state index contributed by atoms with van der Waals surface area (Å²) in [4.78, 5) is 34.3. The van der Waals surface area contributed by atoms with E-state index in [2.05, 4.69) is 4.98 Å². The van der Waals surface area contributed by atoms with Gasteiger partial charge in [-0.25, -0.2) is 19.6 Å². The molecule has 0 saturated heterocycles. The maximum atomic E-state index is 12.9. The van der Waals surface area contributed by atoms with Gasteiger partial charge in [0.15, 0.2) is 5.65 Å². The van der Waals surface area contributed by atoms with Crippen molar-refractivity contribution in [3.05, 3.63) is 59.7 Å². The number of fused-ring (bicyclic) bond motifs is 2. The Morgan fingerprint density at radius 3 is 2.25 bits per heavy atom. The highest BCUT2D eigenvalue weighted by Gasteiger charge is 2.26. The predicted molar refractivity (Wildman–Crippen MR) is 122 cm³/mol. The molecule has 4 aromatic rings. The van der Waals surface area contributed by atoms with E-state index >= 15 is 0 Å². The van der Waals surface area contributed by atoms with E-state index in [1.165, 1.54) is 0 Å². The van der Waals surface area contributed by atoms with Crippen molar-refractivity contribution >= 4 is 40.0 Å². The molecule has 8 heteroatoms. The fraction of sp³-hybridized carbons (Fsp3) is 0.250. The molecule has 0 fully saturated rings. The summed E-state index contributed by atoms with van der Waals surface area (Å²) in [6.45, 7) is 6.22. The van der Waals surface area contributed by atoms with Gasteiger partial charge < -0.3 is 15.2 Å². The first-order valence-corrected chi connectivity index (χ1v) is 10.4. The number of benzene rings is 2. The Hall–Kier alpha value is -3.94. The summed E-state index contributed by atoms with van der Waals surface area (Å²) in [6.07, 6.45) is 0. The third kappa shape index (κ3) is 3.87. The standard InChI is InChI=1S/C24H24N4O4/c1-4-31-23(29)15-9-11-16(12-10-15)28-21(25)19(24(30)32-13-14(2)3)20-22(28)27-18-8-6-5-7-17(18)26-20/h5-12,14H,4,13,25H2,1-3H3. The van der Waals surface area contributed by atoms with Crippen LogP contribution in [0, 0.1) is 5.92 Å². The van der Waals surface area contributed by atoms with E-state index in [1.54, 1.807) is 35.8 Å². The first-order chi connectivity index (χ1) is 15.4. The van der Waals surface area contributed by atoms with Gasteiger partial charge in [0.05, 0.1) is 29.8 Å². The molecule has 0 atom stereocenters. The Morgan fingerprint density at radius 1 is 0.969 bits per heavy atom. The molecule has 0 aliphatic carbocycles. The van der Waals surface area contributed by atoms with Crippen LogP contribution in [0.4, 0.5) is 5.82 Å². The highest BCUT2D eigenvalue weighted by molar-refractivity contribution is 6.09. The van der Waals surface area contributed by atoms with Gasteiger partial charge in [0.2, 0.25) is 0 Å². The molecule has 2 N–H and O–H groups in total. The van der Waals surface area contributed by atoms with Gasteiger partial charge in [-0.2, -0.15) is 0 Å². The quantitative estimate of drug-likeness (QED) is 0.456. The molecule has 4 rings (SSSR count). The number of para-hydroxylation sites is 2. The van der Waals surface area contributed by atoms with Gasteiger partial charge in [-0.15, -0.1) is 0 Å². The molecule has 8 nitrogen and oxygen atoms in total. The number of rotatable bonds is 6. The van der Waals surface area contributed by atoms with Crippen molar-refractivity contribution in [2.75, 3.05) is 18.9 Å². The van der Waals surface area contributed by atoms with Crippen molar-refractivity contribution in [2.24, 2.45) is 5.92 Å². The lowest BCUT2D eigenvalue weighted by Gasteiger charge is -2.09. The molecule has 0 aliphatic heterocycles. The number of nitrogens with zero attached hydrogens (tertiary/aromatic N) is 3. The highest BCUT2D eigenvalue weighted by atomic mass is 16.5. The van der Waals surface area contributed by atoms with E-state index in [4.69, 9.17) is 20.2 Å². The van der Waals surface area contributed by atoms with Crippen LogP contribution in [0.15, 0.2) is 48.5 Å². The summed E-state index contributed by atoms with van der Waals surface area (Å²) in [5, 5.41) is 0. The number of nitrogen functional groups attached to an aromatic ring is 1. The minimum absolute atomic E-state index is 0.174. The second kappa shape index (κ2) is 8.66. The lowest BCUT2D eigenvalue weighted by atomic mass is 10.2. The van der Waals surface area contributed by atoms with Gasteiger partial charge in [0, 0.05) is 5.69 Å². The van der Waals surface area contributed by atoms with Crippen LogP contribution >= 0.6 is 0 Å². The third-order valence-corrected chi connectivity index (χ3v) is 4.89. The van der Waals surface area contributed by atoms with Crippen molar-refractivity contribution < 1.29 is 19.1 Å². The van der Waals surface area contributed by atoms with Crippen LogP contribution < -0.4 is 5.73 Å². The molecule has 0 radical (unpaired) electrons. The molecule has 32 heavy (non-hydrogen) atoms. The van der Waals surface area contributed by atoms with E-state index in [-0.39, 0.29) is 23.9 Å². The highest BCUT2D eigenvalue weighted by Crippen LogP contribution is 2.31. The number of nitrogens with two attached hydrogens (primary N) is 1. The molecule has 0 aliphatic rings. The van der Waals surface area contributed by atoms with Gasteiger partial charge in [-0.05, 0) is 49.2 Å². The molecule has 0 amide bonds. The predicted octanol–water partition coefficient (Wildman–Crippen LogP) is 4.15. The summed E-state index contributed by atoms with van der Waals surface area (Å²) < 4.78 is 12.1. The maximum absolute atomic E-state index is 12.9. The number of carbonyl (C=O) groups excluding carboxylic acids is 2. The summed E-state index contributed by atoms with van der Waals surface area (Å²) in [7, 11) is 0. The number of hydrogen-bond donors (Lipinski definition) is 1. The maximum Gasteiger partial charge on any atom is 0.344 e. The van der Waals surface area contributed by atoms with Crippen LogP contribution in [0.2, 0.25) is 0 Å². The molecule has 0 saturated carbocycles. The van der Waals surface area contributed by atoms with Crippen LogP contribution in [0.5, 0.6) is 0 Å². The van der Waals surface area contributed by atoms with Crippen LogP contribution in [0.3, 0.4) is 0 Å². The number of anilines is 1. The largest absolute Gasteiger partial charge is 0.462 e. The lowest BCUT2D eigenvalue weighted by molar-refractivity contribution is 0.0461. The van der Waals surface area contributed by atoms with E-state index < -0.39 is 11.9 Å². The molecular weight excluding hydrogens is 408 g/mol. The lowest BCUT2D eigenvalue weighted by Crippen LogP contribution is -2.12. The molecule has 0 unspecified atom stereocenters. The molecule has 0 spiro atoms. The van der Waals surface area contributed by atoms with Gasteiger partial charge in [-0.1, -0.05) is 26.0 Å². The first-order valence-electron chi connectivity index (χ1n) is 10.4. The summed E-state index contributed by atoms with van der Waals surface area (Å²) in [6, 6.07) is 14.1. The van der Waals surface area contributed by atoms with Gasteiger partial charge >= 0.3 is 11.9 Å². The Kier molecular flexibility index (Phi) is 5.77. The SMILES string of the molecule is CCOC(=O)c1ccc(-n2c(N)c(C(=O)OCC(C)C)c3nc4ccccc4nc32)cc1. The fourth-order valence-electron chi connectivity index (χ4n) is 3.40. The Bertz CT molecular complexity index is 1310. The summed E-state index contributed by atoms with van der Waals surface area (Å²) in [5.74, 6) is -0.607. The first kappa shape index (κ1) is 21.3. The summed E-state index contributed by atoms with van der Waals surface area (Å²) >= 11 is 0. The molecule has 2 aromatic heterocycles. The van der Waals surface area contributed by atoms with E-state index in [1.807, 2.05) is 38.1 Å². The van der Waals surface area contributed by atoms with Gasteiger partial charge in [0.1, 0.15) is 16.9 Å². The fourth-order valence-corrected chi connectivity index (χ4v) is 3.40. The average molecular weight is 432 g/mol. The van der Waals surface area contributed by atoms with Crippen LogP contribution in [-0.2, 0) is 9.47 Å². The number of ether oxygens (including phenoxy) is 2. The normalized spacial score (nSPS) is 11.2. The smallest absolute Gasteiger partial charge is 0.344 e. The van der Waals surface area contributed by atoms with Crippen LogP contribution in [0.1, 0.15) is 41.5 Å². The Labute approximate surface area is 185 Å². The average Bonchev–Trinajstić information content (AvgIpc) is 3.06. The van der Waals surface area contributed by atoms with Crippen LogP contribution in [0.25, 0.3) is 27.9 Å². The number of carbonyl (C=O) groups is 2. The molecule has 0 bridgehead atoms. The second-order valence-electron chi connectivity index (χ2n) is 7.74. The van der Waals surface area contributed by atoms with Gasteiger partial charge in [0.25, 0.3) is 0 Å². The molecule has 164 valence electrons. The van der Waals surface area contributed by atoms with E-state index in [9.17, 15) is 9.59 Å². The van der Waals surface area contributed by atoms with Crippen LogP contribution in [-0.4, -0.2) is 39.7 Å². The molecule has 2 aromatic carbocycles. The van der Waals surface area contributed by atoms with Crippen molar-refractivity contribution in [3.63, 3.8) is 0 Å². The van der Waals surface area contributed by atoms with Crippen molar-refractivity contribution in [1.82, 2.24) is 14.5 Å². The minimum Gasteiger partial charge on any atom is -0.462 e. The topological polar surface area (TPSA) is 109 Å². The number of hydrogen-bond acceptors (Lipinski definition) is 7. The van der Waals surface area contributed by atoms with E-state index in [0.717, 1.165) is 0 Å².